The van der Waals surface area contributed by atoms with Crippen molar-refractivity contribution in [1.82, 2.24) is 19.8 Å². The first-order chi connectivity index (χ1) is 7.22. The maximum atomic E-state index is 11.0. The second-order valence-corrected chi connectivity index (χ2v) is 3.35. The predicted octanol–water partition coefficient (Wildman–Crippen LogP) is 0.683. The lowest BCUT2D eigenvalue weighted by atomic mass is 10.4. The highest BCUT2D eigenvalue weighted by molar-refractivity contribution is 7.09. The van der Waals surface area contributed by atoms with Gasteiger partial charge in [-0.3, -0.25) is 0 Å². The minimum Gasteiger partial charge on any atom is -0.462 e. The van der Waals surface area contributed by atoms with Gasteiger partial charge in [0.05, 0.1) is 12.8 Å². The van der Waals surface area contributed by atoms with Crippen LogP contribution in [0.5, 0.6) is 0 Å². The van der Waals surface area contributed by atoms with Crippen LogP contribution in [0.1, 0.15) is 16.4 Å². The topological polar surface area (TPSA) is 91.0 Å². The van der Waals surface area contributed by atoms with Gasteiger partial charge in [-0.25, -0.2) is 4.79 Å². The van der Waals surface area contributed by atoms with Crippen molar-refractivity contribution < 1.29 is 13.9 Å². The molecule has 0 aliphatic rings. The monoisotopic (exact) mass is 226 g/mol. The zero-order valence-corrected chi connectivity index (χ0v) is 8.74. The van der Waals surface area contributed by atoms with Gasteiger partial charge in [-0.05, 0) is 18.5 Å². The van der Waals surface area contributed by atoms with E-state index in [4.69, 9.17) is 4.42 Å². The molecule has 0 spiro atoms. The molecular formula is C7H6N4O3S. The van der Waals surface area contributed by atoms with Crippen LogP contribution in [0.3, 0.4) is 0 Å². The van der Waals surface area contributed by atoms with E-state index in [0.717, 1.165) is 11.5 Å². The lowest BCUT2D eigenvalue weighted by molar-refractivity contribution is 0.0556. The van der Waals surface area contributed by atoms with E-state index in [9.17, 15) is 4.79 Å². The van der Waals surface area contributed by atoms with E-state index in [0.29, 0.717) is 10.6 Å². The molecule has 15 heavy (non-hydrogen) atoms. The number of rotatable bonds is 2. The van der Waals surface area contributed by atoms with Crippen LogP contribution in [-0.4, -0.2) is 32.9 Å². The fraction of sp³-hybridized carbons (Fsp3) is 0.286. The van der Waals surface area contributed by atoms with E-state index in [-0.39, 0.29) is 11.8 Å². The van der Waals surface area contributed by atoms with Crippen LogP contribution >= 0.6 is 11.5 Å². The van der Waals surface area contributed by atoms with Gasteiger partial charge in [-0.15, -0.1) is 15.3 Å². The van der Waals surface area contributed by atoms with Crippen molar-refractivity contribution in [3.05, 3.63) is 11.6 Å². The van der Waals surface area contributed by atoms with E-state index in [1.807, 2.05) is 0 Å². The summed E-state index contributed by atoms with van der Waals surface area (Å²) in [4.78, 5) is 11.7. The molecule has 0 aliphatic heterocycles. The Balaban J connectivity index is 2.36. The molecule has 0 atom stereocenters. The highest BCUT2D eigenvalue weighted by atomic mass is 32.1. The summed E-state index contributed by atoms with van der Waals surface area (Å²) < 4.78 is 13.2. The number of aromatic nitrogens is 4. The highest BCUT2D eigenvalue weighted by Gasteiger charge is 2.18. The average Bonchev–Trinajstić information content (AvgIpc) is 2.84. The predicted molar refractivity (Wildman–Crippen MR) is 49.3 cm³/mol. The molecule has 0 unspecified atom stereocenters. The molecule has 0 N–H and O–H groups in total. The number of methoxy groups -OCH3 is 1. The molecule has 0 aromatic carbocycles. The molecule has 2 rings (SSSR count). The smallest absolute Gasteiger partial charge is 0.396 e. The Hall–Kier alpha value is -1.83. The standard InChI is InChI=1S/C7H6N4O3S/c1-3-4(15-11-8-3)5-9-10-6(14-5)7(12)13-2/h1-2H3. The van der Waals surface area contributed by atoms with Crippen LogP contribution in [0.2, 0.25) is 0 Å². The third-order valence-electron chi connectivity index (χ3n) is 1.63. The fourth-order valence-electron chi connectivity index (χ4n) is 0.913. The van der Waals surface area contributed by atoms with Gasteiger partial charge >= 0.3 is 11.9 Å². The van der Waals surface area contributed by atoms with Gasteiger partial charge in [-0.1, -0.05) is 4.49 Å². The molecule has 78 valence electrons. The molecule has 0 radical (unpaired) electrons. The van der Waals surface area contributed by atoms with Gasteiger partial charge in [0.1, 0.15) is 4.88 Å². The van der Waals surface area contributed by atoms with Crippen molar-refractivity contribution in [2.24, 2.45) is 0 Å². The van der Waals surface area contributed by atoms with Crippen LogP contribution in [0.4, 0.5) is 0 Å². The Labute approximate surface area is 88.2 Å². The van der Waals surface area contributed by atoms with Crippen LogP contribution in [0, 0.1) is 6.92 Å². The van der Waals surface area contributed by atoms with Gasteiger partial charge in [-0.2, -0.15) is 0 Å². The van der Waals surface area contributed by atoms with Crippen molar-refractivity contribution in [2.75, 3.05) is 7.11 Å². The lowest BCUT2D eigenvalue weighted by Crippen LogP contribution is -2.00. The highest BCUT2D eigenvalue weighted by Crippen LogP contribution is 2.23. The zero-order valence-electron chi connectivity index (χ0n) is 7.92. The van der Waals surface area contributed by atoms with Crippen molar-refractivity contribution in [3.63, 3.8) is 0 Å². The molecule has 2 aromatic heterocycles. The van der Waals surface area contributed by atoms with Crippen LogP contribution in [0.25, 0.3) is 10.8 Å². The van der Waals surface area contributed by atoms with Crippen molar-refractivity contribution >= 4 is 17.5 Å². The summed E-state index contributed by atoms with van der Waals surface area (Å²) in [6, 6.07) is 0. The Bertz CT molecular complexity index is 492. The number of aryl methyl sites for hydroxylation is 1. The normalized spacial score (nSPS) is 10.3. The van der Waals surface area contributed by atoms with Crippen LogP contribution in [-0.2, 0) is 4.74 Å². The summed E-state index contributed by atoms with van der Waals surface area (Å²) in [7, 11) is 1.24. The van der Waals surface area contributed by atoms with Crippen molar-refractivity contribution in [1.29, 1.82) is 0 Å². The maximum Gasteiger partial charge on any atom is 0.396 e. The third-order valence-corrected chi connectivity index (χ3v) is 2.45. The molecular weight excluding hydrogens is 220 g/mol. The first kappa shape index (κ1) is 9.71. The van der Waals surface area contributed by atoms with Gasteiger partial charge in [0.25, 0.3) is 5.89 Å². The Morgan fingerprint density at radius 3 is 2.80 bits per heavy atom. The van der Waals surface area contributed by atoms with Gasteiger partial charge in [0.2, 0.25) is 0 Å². The molecule has 2 aromatic rings. The van der Waals surface area contributed by atoms with E-state index >= 15 is 0 Å². The largest absolute Gasteiger partial charge is 0.462 e. The second kappa shape index (κ2) is 3.73. The van der Waals surface area contributed by atoms with Crippen molar-refractivity contribution in [3.8, 4) is 10.8 Å². The van der Waals surface area contributed by atoms with E-state index in [1.165, 1.54) is 7.11 Å². The number of carbonyl (C=O) groups is 1. The molecule has 0 bridgehead atoms. The van der Waals surface area contributed by atoms with Crippen LogP contribution in [0.15, 0.2) is 4.42 Å². The van der Waals surface area contributed by atoms with E-state index < -0.39 is 5.97 Å². The average molecular weight is 226 g/mol. The van der Waals surface area contributed by atoms with Gasteiger partial charge in [0, 0.05) is 0 Å². The molecule has 0 saturated heterocycles. The minimum absolute atomic E-state index is 0.180. The summed E-state index contributed by atoms with van der Waals surface area (Å²) in [6.07, 6.45) is 0. The van der Waals surface area contributed by atoms with Crippen LogP contribution < -0.4 is 0 Å². The number of carbonyl (C=O) groups excluding carboxylic acids is 1. The Kier molecular flexibility index (Phi) is 2.42. The maximum absolute atomic E-state index is 11.0. The number of ether oxygens (including phenoxy) is 1. The number of hydrogen-bond donors (Lipinski definition) is 0. The van der Waals surface area contributed by atoms with Crippen molar-refractivity contribution in [2.45, 2.75) is 6.92 Å². The summed E-state index contributed by atoms with van der Waals surface area (Å²) in [5.74, 6) is -0.618. The molecule has 7 nitrogen and oxygen atoms in total. The summed E-state index contributed by atoms with van der Waals surface area (Å²) in [6.45, 7) is 1.76. The molecule has 8 heteroatoms. The quantitative estimate of drug-likeness (QED) is 0.695. The minimum atomic E-state index is -0.663. The third kappa shape index (κ3) is 1.71. The van der Waals surface area contributed by atoms with Gasteiger partial charge in [0.15, 0.2) is 0 Å². The number of nitrogens with zero attached hydrogens (tertiary/aromatic N) is 4. The molecule has 0 saturated carbocycles. The fourth-order valence-corrected chi connectivity index (χ4v) is 1.49. The van der Waals surface area contributed by atoms with E-state index in [1.54, 1.807) is 6.92 Å². The summed E-state index contributed by atoms with van der Waals surface area (Å²) in [5, 5.41) is 11.0. The summed E-state index contributed by atoms with van der Waals surface area (Å²) in [5.41, 5.74) is 0.681. The first-order valence-corrected chi connectivity index (χ1v) is 4.71. The second-order valence-electron chi connectivity index (χ2n) is 2.59. The molecule has 2 heterocycles. The van der Waals surface area contributed by atoms with E-state index in [2.05, 4.69) is 24.5 Å². The lowest BCUT2D eigenvalue weighted by Gasteiger charge is -1.89. The molecule has 0 aliphatic carbocycles. The van der Waals surface area contributed by atoms with Gasteiger partial charge < -0.3 is 9.15 Å². The SMILES string of the molecule is COC(=O)c1nnc(-c2snnc2C)o1. The molecule has 0 fully saturated rings. The Morgan fingerprint density at radius 2 is 2.20 bits per heavy atom. The molecule has 0 amide bonds. The first-order valence-electron chi connectivity index (χ1n) is 3.93. The number of hydrogen-bond acceptors (Lipinski definition) is 8. The zero-order chi connectivity index (χ0) is 10.8. The summed E-state index contributed by atoms with van der Waals surface area (Å²) >= 11 is 1.13. The number of esters is 1. The Morgan fingerprint density at radius 1 is 1.40 bits per heavy atom.